The Bertz CT molecular complexity index is 922. The van der Waals surface area contributed by atoms with Crippen LogP contribution in [0.2, 0.25) is 5.02 Å². The maximum Gasteiger partial charge on any atom is 0.339 e. The summed E-state index contributed by atoms with van der Waals surface area (Å²) in [6, 6.07) is 13.3. The van der Waals surface area contributed by atoms with Crippen molar-refractivity contribution < 1.29 is 17.9 Å². The smallest absolute Gasteiger partial charge is 0.339 e. The Labute approximate surface area is 169 Å². The third kappa shape index (κ3) is 4.28. The summed E-state index contributed by atoms with van der Waals surface area (Å²) in [5.41, 5.74) is 7.32. The minimum Gasteiger partial charge on any atom is -0.465 e. The van der Waals surface area contributed by atoms with Gasteiger partial charge in [-0.05, 0) is 23.8 Å². The zero-order valence-electron chi connectivity index (χ0n) is 14.5. The molecule has 0 radical (unpaired) electrons. The highest BCUT2D eigenvalue weighted by molar-refractivity contribution is 7.89. The van der Waals surface area contributed by atoms with Gasteiger partial charge in [0.25, 0.3) is 0 Å². The summed E-state index contributed by atoms with van der Waals surface area (Å²) in [6.07, 6.45) is 0. The fraction of sp³-hybridized carbons (Fsp3) is 0.278. The summed E-state index contributed by atoms with van der Waals surface area (Å²) in [5.74, 6) is -0.693. The van der Waals surface area contributed by atoms with Crippen molar-refractivity contribution in [3.63, 3.8) is 0 Å². The number of benzene rings is 2. The van der Waals surface area contributed by atoms with Crippen LogP contribution in [0.5, 0.6) is 0 Å². The normalized spacial score (nSPS) is 20.1. The van der Waals surface area contributed by atoms with Crippen LogP contribution in [0.3, 0.4) is 0 Å². The van der Waals surface area contributed by atoms with Gasteiger partial charge in [0, 0.05) is 25.0 Å². The number of nitrogens with zero attached hydrogens (tertiary/aromatic N) is 1. The summed E-state index contributed by atoms with van der Waals surface area (Å²) in [6.45, 7) is 0.516. The number of methoxy groups -OCH3 is 1. The van der Waals surface area contributed by atoms with Gasteiger partial charge in [0.15, 0.2) is 0 Å². The van der Waals surface area contributed by atoms with Crippen molar-refractivity contribution in [2.75, 3.05) is 20.2 Å². The number of sulfonamides is 1. The van der Waals surface area contributed by atoms with Gasteiger partial charge in [-0.15, -0.1) is 12.4 Å². The number of ether oxygens (including phenoxy) is 1. The molecule has 9 heteroatoms. The van der Waals surface area contributed by atoms with E-state index in [-0.39, 0.29) is 46.4 Å². The first-order valence-corrected chi connectivity index (χ1v) is 9.85. The zero-order valence-corrected chi connectivity index (χ0v) is 16.9. The minimum atomic E-state index is -3.77. The number of hydrogen-bond donors (Lipinski definition) is 1. The van der Waals surface area contributed by atoms with Crippen LogP contribution in [-0.2, 0) is 14.8 Å². The number of rotatable bonds is 4. The molecule has 0 spiro atoms. The van der Waals surface area contributed by atoms with Crippen molar-refractivity contribution in [1.29, 1.82) is 0 Å². The highest BCUT2D eigenvalue weighted by Crippen LogP contribution is 2.31. The molecule has 27 heavy (non-hydrogen) atoms. The second-order valence-corrected chi connectivity index (χ2v) is 8.48. The minimum absolute atomic E-state index is 0. The molecule has 1 fully saturated rings. The molecule has 6 nitrogen and oxygen atoms in total. The lowest BCUT2D eigenvalue weighted by Gasteiger charge is -2.17. The van der Waals surface area contributed by atoms with E-state index in [0.29, 0.717) is 6.54 Å². The monoisotopic (exact) mass is 430 g/mol. The standard InChI is InChI=1S/C18H19ClN2O4S.ClH/c1-25-18(22)14-8-7-13(9-16(14)19)26(23,24)21-10-15(17(20)11-21)12-5-3-2-4-6-12;/h2-9,15,17H,10-11,20H2,1H3;1H/t15-,17+;/m0./s1. The molecule has 2 aromatic carbocycles. The second kappa shape index (κ2) is 8.58. The van der Waals surface area contributed by atoms with Crippen molar-refractivity contribution in [3.05, 3.63) is 64.7 Å². The predicted molar refractivity (Wildman–Crippen MR) is 106 cm³/mol. The number of halogens is 2. The number of carbonyl (C=O) groups excluding carboxylic acids is 1. The van der Waals surface area contributed by atoms with Crippen LogP contribution < -0.4 is 5.73 Å². The molecule has 3 rings (SSSR count). The maximum atomic E-state index is 13.0. The number of nitrogens with two attached hydrogens (primary N) is 1. The SMILES string of the molecule is COC(=O)c1ccc(S(=O)(=O)N2C[C@@H](N)[C@H](c3ccccc3)C2)cc1Cl.Cl. The van der Waals surface area contributed by atoms with Gasteiger partial charge in [-0.1, -0.05) is 41.9 Å². The van der Waals surface area contributed by atoms with Crippen LogP contribution in [0.15, 0.2) is 53.4 Å². The van der Waals surface area contributed by atoms with Gasteiger partial charge in [-0.2, -0.15) is 4.31 Å². The molecule has 0 aromatic heterocycles. The van der Waals surface area contributed by atoms with Crippen LogP contribution in [0, 0.1) is 0 Å². The van der Waals surface area contributed by atoms with Crippen LogP contribution in [0.4, 0.5) is 0 Å². The van der Waals surface area contributed by atoms with Gasteiger partial charge in [-0.25, -0.2) is 13.2 Å². The van der Waals surface area contributed by atoms with Gasteiger partial charge in [0.2, 0.25) is 10.0 Å². The molecule has 1 aliphatic rings. The average molecular weight is 431 g/mol. The van der Waals surface area contributed by atoms with Crippen molar-refractivity contribution in [1.82, 2.24) is 4.31 Å². The van der Waals surface area contributed by atoms with Crippen molar-refractivity contribution in [2.24, 2.45) is 5.73 Å². The molecule has 0 bridgehead atoms. The van der Waals surface area contributed by atoms with E-state index in [2.05, 4.69) is 4.74 Å². The number of esters is 1. The molecule has 146 valence electrons. The molecule has 2 atom stereocenters. The highest BCUT2D eigenvalue weighted by atomic mass is 35.5. The molecule has 1 aliphatic heterocycles. The summed E-state index contributed by atoms with van der Waals surface area (Å²) >= 11 is 6.06. The molecule has 0 amide bonds. The van der Waals surface area contributed by atoms with Gasteiger partial charge >= 0.3 is 5.97 Å². The van der Waals surface area contributed by atoms with Gasteiger partial charge in [0.05, 0.1) is 22.6 Å². The fourth-order valence-electron chi connectivity index (χ4n) is 3.12. The van der Waals surface area contributed by atoms with Gasteiger partial charge in [0.1, 0.15) is 0 Å². The van der Waals surface area contributed by atoms with E-state index in [4.69, 9.17) is 17.3 Å². The van der Waals surface area contributed by atoms with Crippen LogP contribution in [0.25, 0.3) is 0 Å². The highest BCUT2D eigenvalue weighted by Gasteiger charge is 2.38. The fourth-order valence-corrected chi connectivity index (χ4v) is 4.97. The maximum absolute atomic E-state index is 13.0. The first-order chi connectivity index (χ1) is 12.3. The first kappa shape index (κ1) is 21.7. The van der Waals surface area contributed by atoms with Crippen molar-refractivity contribution >= 4 is 40.0 Å². The van der Waals surface area contributed by atoms with E-state index in [9.17, 15) is 13.2 Å². The molecular formula is C18H20Cl2N2O4S. The zero-order chi connectivity index (χ0) is 18.9. The van der Waals surface area contributed by atoms with Gasteiger partial charge < -0.3 is 10.5 Å². The Balaban J connectivity index is 0.00000261. The quantitative estimate of drug-likeness (QED) is 0.752. The van der Waals surface area contributed by atoms with Crippen LogP contribution >= 0.6 is 24.0 Å². The third-order valence-corrected chi connectivity index (χ3v) is 6.68. The lowest BCUT2D eigenvalue weighted by Crippen LogP contribution is -2.32. The van der Waals surface area contributed by atoms with E-state index >= 15 is 0 Å². The molecule has 0 saturated carbocycles. The van der Waals surface area contributed by atoms with Crippen LogP contribution in [0.1, 0.15) is 21.8 Å². The summed E-state index contributed by atoms with van der Waals surface area (Å²) in [4.78, 5) is 11.6. The van der Waals surface area contributed by atoms with E-state index in [1.165, 1.54) is 29.6 Å². The third-order valence-electron chi connectivity index (χ3n) is 4.54. The van der Waals surface area contributed by atoms with E-state index in [0.717, 1.165) is 5.56 Å². The summed E-state index contributed by atoms with van der Waals surface area (Å²) < 4.78 is 31.9. The predicted octanol–water partition coefficient (Wildman–Crippen LogP) is 2.66. The van der Waals surface area contributed by atoms with Crippen LogP contribution in [-0.4, -0.2) is 44.9 Å². The first-order valence-electron chi connectivity index (χ1n) is 8.03. The average Bonchev–Trinajstić information content (AvgIpc) is 3.04. The lowest BCUT2D eigenvalue weighted by molar-refractivity contribution is 0.0601. The molecule has 2 N–H and O–H groups in total. The molecule has 1 saturated heterocycles. The van der Waals surface area contributed by atoms with Gasteiger partial charge in [-0.3, -0.25) is 0 Å². The Kier molecular flexibility index (Phi) is 6.88. The number of hydrogen-bond acceptors (Lipinski definition) is 5. The van der Waals surface area contributed by atoms with Crippen molar-refractivity contribution in [3.8, 4) is 0 Å². The summed E-state index contributed by atoms with van der Waals surface area (Å²) in [5, 5.41) is 0.0287. The lowest BCUT2D eigenvalue weighted by atomic mass is 9.95. The molecule has 0 aliphatic carbocycles. The van der Waals surface area contributed by atoms with E-state index in [1.54, 1.807) is 0 Å². The molecule has 2 aromatic rings. The van der Waals surface area contributed by atoms with E-state index < -0.39 is 16.0 Å². The Morgan fingerprint density at radius 2 is 1.85 bits per heavy atom. The summed E-state index contributed by atoms with van der Waals surface area (Å²) in [7, 11) is -2.53. The molecule has 0 unspecified atom stereocenters. The Morgan fingerprint density at radius 1 is 1.19 bits per heavy atom. The molecule has 1 heterocycles. The Morgan fingerprint density at radius 3 is 2.44 bits per heavy atom. The molecular weight excluding hydrogens is 411 g/mol. The van der Waals surface area contributed by atoms with E-state index in [1.807, 2.05) is 30.3 Å². The largest absolute Gasteiger partial charge is 0.465 e. The second-order valence-electron chi connectivity index (χ2n) is 6.14. The van der Waals surface area contributed by atoms with Crippen molar-refractivity contribution in [2.45, 2.75) is 16.9 Å². The number of carbonyl (C=O) groups is 1. The Hall–Kier alpha value is -1.64. The topological polar surface area (TPSA) is 89.7 Å².